The molecule has 2 heterocycles. The fourth-order valence-electron chi connectivity index (χ4n) is 3.76. The monoisotopic (exact) mass is 393 g/mol. The summed E-state index contributed by atoms with van der Waals surface area (Å²) in [7, 11) is 0. The lowest BCUT2D eigenvalue weighted by Gasteiger charge is -2.16. The van der Waals surface area contributed by atoms with Gasteiger partial charge in [-0.2, -0.15) is 13.2 Å². The Morgan fingerprint density at radius 3 is 2.68 bits per heavy atom. The molecule has 1 aromatic carbocycles. The largest absolute Gasteiger partial charge is 0.418 e. The molecule has 1 saturated carbocycles. The zero-order valence-electron chi connectivity index (χ0n) is 15.4. The second kappa shape index (κ2) is 7.00. The molecule has 2 aromatic rings. The van der Waals surface area contributed by atoms with E-state index in [2.05, 4.69) is 15.6 Å². The molecule has 1 aromatic heterocycles. The van der Waals surface area contributed by atoms with Gasteiger partial charge in [-0.05, 0) is 61.4 Å². The fourth-order valence-corrected chi connectivity index (χ4v) is 3.76. The number of carbonyl (C=O) groups is 1. The van der Waals surface area contributed by atoms with Gasteiger partial charge in [-0.25, -0.2) is 4.98 Å². The number of rotatable bonds is 4. The van der Waals surface area contributed by atoms with E-state index in [0.717, 1.165) is 12.8 Å². The number of fused-ring (bicyclic) bond motifs is 1. The first-order valence-electron chi connectivity index (χ1n) is 9.44. The minimum Gasteiger partial charge on any atom is -0.392 e. The van der Waals surface area contributed by atoms with Gasteiger partial charge < -0.3 is 15.7 Å². The van der Waals surface area contributed by atoms with Crippen LogP contribution in [0.5, 0.6) is 0 Å². The van der Waals surface area contributed by atoms with Gasteiger partial charge in [0, 0.05) is 24.5 Å². The molecule has 2 fully saturated rings. The van der Waals surface area contributed by atoms with Crippen molar-refractivity contribution in [3.63, 3.8) is 0 Å². The molecule has 2 atom stereocenters. The van der Waals surface area contributed by atoms with Crippen molar-refractivity contribution in [1.82, 2.24) is 15.6 Å². The number of β-amino-alcohol motifs (C(OH)–C–C–N with tert-alkyl or cyclic N) is 1. The third-order valence-electron chi connectivity index (χ3n) is 5.44. The van der Waals surface area contributed by atoms with E-state index in [1.165, 1.54) is 12.1 Å². The van der Waals surface area contributed by atoms with Gasteiger partial charge in [-0.15, -0.1) is 0 Å². The van der Waals surface area contributed by atoms with Crippen molar-refractivity contribution in [2.45, 2.75) is 50.4 Å². The van der Waals surface area contributed by atoms with Gasteiger partial charge in [-0.3, -0.25) is 4.79 Å². The van der Waals surface area contributed by atoms with Crippen molar-refractivity contribution in [2.24, 2.45) is 0 Å². The summed E-state index contributed by atoms with van der Waals surface area (Å²) in [4.78, 5) is 16.6. The minimum absolute atomic E-state index is 0.0341. The summed E-state index contributed by atoms with van der Waals surface area (Å²) in [5, 5.41) is 15.7. The first kappa shape index (κ1) is 19.1. The smallest absolute Gasteiger partial charge is 0.392 e. The number of aryl methyl sites for hydroxylation is 1. The van der Waals surface area contributed by atoms with E-state index in [1.54, 1.807) is 13.0 Å². The van der Waals surface area contributed by atoms with E-state index < -0.39 is 23.8 Å². The van der Waals surface area contributed by atoms with Crippen LogP contribution in [-0.4, -0.2) is 41.2 Å². The van der Waals surface area contributed by atoms with Crippen LogP contribution in [0.15, 0.2) is 18.2 Å². The zero-order chi connectivity index (χ0) is 20.1. The number of benzene rings is 1. The van der Waals surface area contributed by atoms with Crippen molar-refractivity contribution in [3.8, 4) is 0 Å². The lowest BCUT2D eigenvalue weighted by molar-refractivity contribution is -0.136. The number of alkyl halides is 3. The Balaban J connectivity index is 1.66. The van der Waals surface area contributed by atoms with E-state index in [4.69, 9.17) is 0 Å². The molecule has 5 nitrogen and oxygen atoms in total. The predicted octanol–water partition coefficient (Wildman–Crippen LogP) is 2.89. The molecule has 1 aliphatic heterocycles. The van der Waals surface area contributed by atoms with Crippen LogP contribution in [0, 0.1) is 6.92 Å². The van der Waals surface area contributed by atoms with E-state index >= 15 is 0 Å². The molecule has 0 spiro atoms. The number of carbonyl (C=O) groups excluding carboxylic acids is 1. The lowest BCUT2D eigenvalue weighted by Crippen LogP contribution is -2.37. The average molecular weight is 393 g/mol. The number of nitrogens with zero attached hydrogens (tertiary/aromatic N) is 1. The fraction of sp³-hybridized carbons (Fsp3) is 0.500. The van der Waals surface area contributed by atoms with Crippen molar-refractivity contribution in [2.75, 3.05) is 13.1 Å². The average Bonchev–Trinajstić information content (AvgIpc) is 3.40. The summed E-state index contributed by atoms with van der Waals surface area (Å²) in [5.41, 5.74) is 0.278. The Hall–Kier alpha value is -2.19. The molecule has 2 unspecified atom stereocenters. The molecule has 1 aliphatic carbocycles. The van der Waals surface area contributed by atoms with Crippen LogP contribution in [-0.2, 0) is 6.18 Å². The van der Waals surface area contributed by atoms with Crippen LogP contribution in [0.2, 0.25) is 0 Å². The van der Waals surface area contributed by atoms with Crippen molar-refractivity contribution in [3.05, 3.63) is 40.6 Å². The molecule has 1 saturated heterocycles. The van der Waals surface area contributed by atoms with Gasteiger partial charge in [0.05, 0.1) is 17.2 Å². The Kier molecular flexibility index (Phi) is 4.79. The number of aliphatic hydroxyl groups is 1. The summed E-state index contributed by atoms with van der Waals surface area (Å²) in [6.07, 6.45) is -2.66. The molecule has 3 N–H and O–H groups in total. The molecule has 1 amide bonds. The number of aromatic nitrogens is 1. The number of amides is 1. The molecule has 2 aliphatic rings. The first-order chi connectivity index (χ1) is 13.2. The summed E-state index contributed by atoms with van der Waals surface area (Å²) < 4.78 is 41.0. The SMILES string of the molecule is Cc1cc(C(=O)NCC2CC(O)CN2)nc2c(C(F)(F)F)cc(C3CC3)cc12. The normalized spacial score (nSPS) is 22.6. The van der Waals surface area contributed by atoms with E-state index in [-0.39, 0.29) is 29.7 Å². The van der Waals surface area contributed by atoms with Gasteiger partial charge >= 0.3 is 6.18 Å². The maximum atomic E-state index is 13.7. The molecule has 0 radical (unpaired) electrons. The maximum absolute atomic E-state index is 13.7. The van der Waals surface area contributed by atoms with Crippen molar-refractivity contribution in [1.29, 1.82) is 0 Å². The topological polar surface area (TPSA) is 74.2 Å². The van der Waals surface area contributed by atoms with E-state index in [1.807, 2.05) is 0 Å². The van der Waals surface area contributed by atoms with Gasteiger partial charge in [0.15, 0.2) is 0 Å². The maximum Gasteiger partial charge on any atom is 0.418 e. The van der Waals surface area contributed by atoms with E-state index in [9.17, 15) is 23.1 Å². The van der Waals surface area contributed by atoms with Crippen molar-refractivity contribution >= 4 is 16.8 Å². The summed E-state index contributed by atoms with van der Waals surface area (Å²) in [6.45, 7) is 2.44. The number of pyridine rings is 1. The number of nitrogens with one attached hydrogen (secondary N) is 2. The summed E-state index contributed by atoms with van der Waals surface area (Å²) in [5.74, 6) is -0.338. The van der Waals surface area contributed by atoms with Gasteiger partial charge in [0.2, 0.25) is 0 Å². The Bertz CT molecular complexity index is 925. The molecular weight excluding hydrogens is 371 g/mol. The minimum atomic E-state index is -4.54. The van der Waals surface area contributed by atoms with Crippen molar-refractivity contribution < 1.29 is 23.1 Å². The van der Waals surface area contributed by atoms with Crippen LogP contribution in [0.4, 0.5) is 13.2 Å². The Morgan fingerprint density at radius 2 is 2.07 bits per heavy atom. The zero-order valence-corrected chi connectivity index (χ0v) is 15.4. The standard InChI is InChI=1S/C20H22F3N3O2/c1-10-4-17(19(28)25-8-13-7-14(27)9-24-13)26-18-15(10)5-12(11-2-3-11)6-16(18)20(21,22)23/h4-6,11,13-14,24,27H,2-3,7-9H2,1H3,(H,25,28). The predicted molar refractivity (Wildman–Crippen MR) is 98.2 cm³/mol. The third-order valence-corrected chi connectivity index (χ3v) is 5.44. The van der Waals surface area contributed by atoms with Crippen LogP contribution in [0.1, 0.15) is 52.4 Å². The van der Waals surface area contributed by atoms with Crippen LogP contribution < -0.4 is 10.6 Å². The number of hydrogen-bond donors (Lipinski definition) is 3. The van der Waals surface area contributed by atoms with Gasteiger partial charge in [0.1, 0.15) is 5.69 Å². The van der Waals surface area contributed by atoms with Gasteiger partial charge in [0.25, 0.3) is 5.91 Å². The first-order valence-corrected chi connectivity index (χ1v) is 9.44. The highest BCUT2D eigenvalue weighted by Gasteiger charge is 2.36. The number of aliphatic hydroxyl groups excluding tert-OH is 1. The van der Waals surface area contributed by atoms with E-state index in [0.29, 0.717) is 29.5 Å². The molecular formula is C20H22F3N3O2. The van der Waals surface area contributed by atoms with Crippen LogP contribution in [0.25, 0.3) is 10.9 Å². The molecule has 28 heavy (non-hydrogen) atoms. The van der Waals surface area contributed by atoms with Gasteiger partial charge in [-0.1, -0.05) is 0 Å². The highest BCUT2D eigenvalue weighted by atomic mass is 19.4. The quantitative estimate of drug-likeness (QED) is 0.747. The summed E-state index contributed by atoms with van der Waals surface area (Å²) in [6, 6.07) is 4.42. The second-order valence-corrected chi connectivity index (χ2v) is 7.77. The molecule has 150 valence electrons. The van der Waals surface area contributed by atoms with Crippen LogP contribution >= 0.6 is 0 Å². The second-order valence-electron chi connectivity index (χ2n) is 7.77. The highest BCUT2D eigenvalue weighted by molar-refractivity contribution is 5.97. The lowest BCUT2D eigenvalue weighted by atomic mass is 9.98. The number of halogens is 3. The molecule has 0 bridgehead atoms. The Morgan fingerprint density at radius 1 is 1.32 bits per heavy atom. The highest BCUT2D eigenvalue weighted by Crippen LogP contribution is 2.44. The molecule has 4 rings (SSSR count). The third kappa shape index (κ3) is 3.84. The Labute approximate surface area is 160 Å². The summed E-state index contributed by atoms with van der Waals surface area (Å²) >= 11 is 0. The van der Waals surface area contributed by atoms with Crippen LogP contribution in [0.3, 0.4) is 0 Å². The number of hydrogen-bond acceptors (Lipinski definition) is 4. The molecule has 8 heteroatoms.